The monoisotopic (exact) mass is 242 g/mol. The smallest absolute Gasteiger partial charge is 0.275 e. The lowest BCUT2D eigenvalue weighted by atomic mass is 10.3. The number of carbonyl (C=O) groups excluding carboxylic acids is 1. The fraction of sp³-hybridized carbons (Fsp3) is 0.667. The summed E-state index contributed by atoms with van der Waals surface area (Å²) in [5.41, 5.74) is 0.399. The van der Waals surface area contributed by atoms with E-state index in [1.165, 1.54) is 6.20 Å². The van der Waals surface area contributed by atoms with Gasteiger partial charge in [-0.2, -0.15) is 8.75 Å². The third kappa shape index (κ3) is 2.75. The molecule has 0 aromatic carbocycles. The van der Waals surface area contributed by atoms with Gasteiger partial charge in [-0.05, 0) is 0 Å². The molecule has 16 heavy (non-hydrogen) atoms. The minimum atomic E-state index is -0.108. The molecule has 0 spiro atoms. The van der Waals surface area contributed by atoms with Gasteiger partial charge in [0.15, 0.2) is 5.69 Å². The van der Waals surface area contributed by atoms with Crippen LogP contribution in [-0.4, -0.2) is 58.9 Å². The van der Waals surface area contributed by atoms with E-state index < -0.39 is 0 Å². The fourth-order valence-electron chi connectivity index (χ4n) is 1.58. The first-order chi connectivity index (χ1) is 7.77. The van der Waals surface area contributed by atoms with Gasteiger partial charge >= 0.3 is 0 Å². The van der Waals surface area contributed by atoms with Gasteiger partial charge in [0.25, 0.3) is 5.91 Å². The first-order valence-electron chi connectivity index (χ1n) is 5.12. The molecule has 1 aliphatic heterocycles. The van der Waals surface area contributed by atoms with Crippen molar-refractivity contribution in [3.8, 4) is 0 Å². The molecule has 1 fully saturated rings. The van der Waals surface area contributed by atoms with Gasteiger partial charge in [0, 0.05) is 26.7 Å². The van der Waals surface area contributed by atoms with Gasteiger partial charge in [-0.1, -0.05) is 0 Å². The number of amides is 1. The minimum Gasteiger partial charge on any atom is -0.374 e. The third-order valence-electron chi connectivity index (χ3n) is 2.41. The predicted molar refractivity (Wildman–Crippen MR) is 59.5 cm³/mol. The summed E-state index contributed by atoms with van der Waals surface area (Å²) in [5, 5.41) is 3.23. The molecule has 0 bridgehead atoms. The van der Waals surface area contributed by atoms with Gasteiger partial charge in [0.1, 0.15) is 0 Å². The molecule has 2 heterocycles. The van der Waals surface area contributed by atoms with Gasteiger partial charge in [-0.3, -0.25) is 4.79 Å². The normalized spacial score (nSPS) is 20.7. The highest BCUT2D eigenvalue weighted by Crippen LogP contribution is 2.04. The number of nitrogens with zero attached hydrogens (tertiary/aromatic N) is 3. The van der Waals surface area contributed by atoms with Crippen molar-refractivity contribution < 1.29 is 9.53 Å². The molecule has 1 aromatic rings. The Kier molecular flexibility index (Phi) is 3.81. The second-order valence-corrected chi connectivity index (χ2v) is 4.23. The number of rotatable bonds is 3. The number of morpholine rings is 1. The Hall–Kier alpha value is -1.05. The Morgan fingerprint density at radius 2 is 2.69 bits per heavy atom. The van der Waals surface area contributed by atoms with Crippen LogP contribution in [0.1, 0.15) is 10.5 Å². The van der Waals surface area contributed by atoms with Crippen molar-refractivity contribution >= 4 is 17.6 Å². The van der Waals surface area contributed by atoms with Gasteiger partial charge < -0.3 is 15.0 Å². The van der Waals surface area contributed by atoms with Crippen molar-refractivity contribution in [3.63, 3.8) is 0 Å². The molecule has 1 unspecified atom stereocenters. The SMILES string of the molecule is CN(CC1CNCCO1)C(=O)c1cnsn1. The molecule has 88 valence electrons. The molecule has 1 saturated heterocycles. The lowest BCUT2D eigenvalue weighted by Crippen LogP contribution is -2.45. The molecule has 7 heteroatoms. The number of ether oxygens (including phenoxy) is 1. The van der Waals surface area contributed by atoms with E-state index in [1.807, 2.05) is 0 Å². The number of likely N-dealkylation sites (N-methyl/N-ethyl adjacent to an activating group) is 1. The van der Waals surface area contributed by atoms with Crippen LogP contribution in [-0.2, 0) is 4.74 Å². The summed E-state index contributed by atoms with van der Waals surface area (Å²) in [4.78, 5) is 13.5. The van der Waals surface area contributed by atoms with Gasteiger partial charge in [-0.15, -0.1) is 0 Å². The Morgan fingerprint density at radius 3 is 3.31 bits per heavy atom. The second-order valence-electron chi connectivity index (χ2n) is 3.68. The second kappa shape index (κ2) is 5.33. The summed E-state index contributed by atoms with van der Waals surface area (Å²) < 4.78 is 13.3. The lowest BCUT2D eigenvalue weighted by Gasteiger charge is -2.27. The highest BCUT2D eigenvalue weighted by atomic mass is 32.1. The Morgan fingerprint density at radius 1 is 1.81 bits per heavy atom. The van der Waals surface area contributed by atoms with Crippen LogP contribution >= 0.6 is 11.7 Å². The topological polar surface area (TPSA) is 67.3 Å². The molecule has 1 aromatic heterocycles. The van der Waals surface area contributed by atoms with Crippen LogP contribution in [0, 0.1) is 0 Å². The summed E-state index contributed by atoms with van der Waals surface area (Å²) in [7, 11) is 1.75. The van der Waals surface area contributed by atoms with E-state index in [-0.39, 0.29) is 12.0 Å². The van der Waals surface area contributed by atoms with Gasteiger partial charge in [0.05, 0.1) is 30.6 Å². The maximum atomic E-state index is 11.8. The van der Waals surface area contributed by atoms with Crippen molar-refractivity contribution in [1.82, 2.24) is 19.0 Å². The predicted octanol–water partition coefficient (Wildman–Crippen LogP) is -0.402. The zero-order valence-corrected chi connectivity index (χ0v) is 9.87. The Bertz CT molecular complexity index is 337. The summed E-state index contributed by atoms with van der Waals surface area (Å²) in [6, 6.07) is 0. The van der Waals surface area contributed by atoms with E-state index in [1.54, 1.807) is 11.9 Å². The van der Waals surface area contributed by atoms with Gasteiger partial charge in [0.2, 0.25) is 0 Å². The summed E-state index contributed by atoms with van der Waals surface area (Å²) >= 11 is 1.04. The van der Waals surface area contributed by atoms with E-state index in [2.05, 4.69) is 14.1 Å². The number of hydrogen-bond acceptors (Lipinski definition) is 6. The van der Waals surface area contributed by atoms with E-state index in [0.717, 1.165) is 24.8 Å². The fourth-order valence-corrected chi connectivity index (χ4v) is 1.99. The van der Waals surface area contributed by atoms with Crippen LogP contribution in [0.5, 0.6) is 0 Å². The average Bonchev–Trinajstić information content (AvgIpc) is 2.83. The number of aromatic nitrogens is 2. The van der Waals surface area contributed by atoms with Crippen molar-refractivity contribution in [1.29, 1.82) is 0 Å². The van der Waals surface area contributed by atoms with Crippen molar-refractivity contribution in [2.75, 3.05) is 33.3 Å². The van der Waals surface area contributed by atoms with Crippen molar-refractivity contribution in [3.05, 3.63) is 11.9 Å². The zero-order chi connectivity index (χ0) is 11.4. The highest BCUT2D eigenvalue weighted by molar-refractivity contribution is 6.99. The molecule has 1 aliphatic rings. The minimum absolute atomic E-state index is 0.0642. The van der Waals surface area contributed by atoms with Crippen LogP contribution in [0.2, 0.25) is 0 Å². The summed E-state index contributed by atoms with van der Waals surface area (Å²) in [5.74, 6) is -0.108. The maximum Gasteiger partial charge on any atom is 0.275 e. The van der Waals surface area contributed by atoms with Gasteiger partial charge in [-0.25, -0.2) is 0 Å². The first-order valence-corrected chi connectivity index (χ1v) is 5.86. The quantitative estimate of drug-likeness (QED) is 0.781. The Balaban J connectivity index is 1.87. The molecule has 1 N–H and O–H groups in total. The average molecular weight is 242 g/mol. The van der Waals surface area contributed by atoms with E-state index >= 15 is 0 Å². The van der Waals surface area contributed by atoms with Crippen molar-refractivity contribution in [2.24, 2.45) is 0 Å². The first kappa shape index (κ1) is 11.4. The largest absolute Gasteiger partial charge is 0.374 e. The van der Waals surface area contributed by atoms with Crippen LogP contribution in [0.25, 0.3) is 0 Å². The van der Waals surface area contributed by atoms with E-state index in [9.17, 15) is 4.79 Å². The molecular weight excluding hydrogens is 228 g/mol. The van der Waals surface area contributed by atoms with Crippen molar-refractivity contribution in [2.45, 2.75) is 6.10 Å². The van der Waals surface area contributed by atoms with E-state index in [4.69, 9.17) is 4.74 Å². The molecule has 0 radical (unpaired) electrons. The molecule has 6 nitrogen and oxygen atoms in total. The molecule has 1 amide bonds. The molecule has 0 saturated carbocycles. The zero-order valence-electron chi connectivity index (χ0n) is 9.05. The number of hydrogen-bond donors (Lipinski definition) is 1. The third-order valence-corrected chi connectivity index (χ3v) is 2.89. The van der Waals surface area contributed by atoms with Crippen LogP contribution in [0.3, 0.4) is 0 Å². The number of carbonyl (C=O) groups is 1. The number of nitrogens with one attached hydrogen (secondary N) is 1. The Labute approximate surface area is 97.9 Å². The molecular formula is C9H14N4O2S. The molecule has 1 atom stereocenters. The van der Waals surface area contributed by atoms with Crippen LogP contribution in [0.15, 0.2) is 6.20 Å². The summed E-state index contributed by atoms with van der Waals surface area (Å²) in [6.07, 6.45) is 1.55. The highest BCUT2D eigenvalue weighted by Gasteiger charge is 2.20. The molecule has 0 aliphatic carbocycles. The lowest BCUT2D eigenvalue weighted by molar-refractivity contribution is 0.0103. The van der Waals surface area contributed by atoms with Crippen LogP contribution < -0.4 is 5.32 Å². The maximum absolute atomic E-state index is 11.8. The molecule has 2 rings (SSSR count). The van der Waals surface area contributed by atoms with Crippen LogP contribution in [0.4, 0.5) is 0 Å². The van der Waals surface area contributed by atoms with E-state index in [0.29, 0.717) is 18.8 Å². The summed E-state index contributed by atoms with van der Waals surface area (Å²) in [6.45, 7) is 2.94. The standard InChI is InChI=1S/C9H14N4O2S/c1-13(6-7-4-10-2-3-15-7)9(14)8-5-11-16-12-8/h5,7,10H,2-4,6H2,1H3.